The molecule has 0 bridgehead atoms. The second-order valence-corrected chi connectivity index (χ2v) is 7.14. The van der Waals surface area contributed by atoms with Crippen molar-refractivity contribution < 1.29 is 4.79 Å². The fourth-order valence-corrected chi connectivity index (χ4v) is 3.42. The number of hydrogen-bond donors (Lipinski definition) is 1. The summed E-state index contributed by atoms with van der Waals surface area (Å²) in [6.45, 7) is 3.96. The lowest BCUT2D eigenvalue weighted by atomic mass is 10.1. The first-order chi connectivity index (χ1) is 12.3. The molecule has 1 aromatic heterocycles. The predicted octanol–water partition coefficient (Wildman–Crippen LogP) is 1.59. The lowest BCUT2D eigenvalue weighted by molar-refractivity contribution is -0.115. The van der Waals surface area contributed by atoms with Crippen LogP contribution in [0.3, 0.4) is 0 Å². The summed E-state index contributed by atoms with van der Waals surface area (Å²) < 4.78 is 2.31. The van der Waals surface area contributed by atoms with Crippen LogP contribution in [-0.4, -0.2) is 20.2 Å². The molecule has 8 heteroatoms. The Hall–Kier alpha value is -2.87. The number of amidine groups is 1. The first kappa shape index (κ1) is 17.9. The van der Waals surface area contributed by atoms with Crippen molar-refractivity contribution in [2.75, 3.05) is 0 Å². The van der Waals surface area contributed by atoms with Gasteiger partial charge in [0.05, 0.1) is 16.2 Å². The summed E-state index contributed by atoms with van der Waals surface area (Å²) in [5.74, 6) is -0.325. The zero-order chi connectivity index (χ0) is 19.0. The van der Waals surface area contributed by atoms with Crippen LogP contribution in [-0.2, 0) is 18.9 Å². The maximum Gasteiger partial charge on any atom is 0.330 e. The van der Waals surface area contributed by atoms with Gasteiger partial charge >= 0.3 is 5.69 Å². The van der Waals surface area contributed by atoms with Crippen LogP contribution in [0.4, 0.5) is 5.69 Å². The molecule has 0 saturated carbocycles. The smallest absolute Gasteiger partial charge is 0.303 e. The average molecular weight is 370 g/mol. The number of aliphatic imine (C=N–C) groups is 1. The van der Waals surface area contributed by atoms with Crippen LogP contribution in [0.1, 0.15) is 16.7 Å². The van der Waals surface area contributed by atoms with Gasteiger partial charge in [0.2, 0.25) is 0 Å². The summed E-state index contributed by atoms with van der Waals surface area (Å²) in [5, 5.41) is 3.16. The molecule has 26 heavy (non-hydrogen) atoms. The summed E-state index contributed by atoms with van der Waals surface area (Å²) in [5.41, 5.74) is 2.32. The Morgan fingerprint density at radius 1 is 1.15 bits per heavy atom. The van der Waals surface area contributed by atoms with Gasteiger partial charge in [-0.3, -0.25) is 14.2 Å². The SMILES string of the molecule is Cc1ccc(N=C2NC(=O)/C(=C/c3cn(C)c(=O)n(C)c3=O)S2)c(C)c1. The number of amides is 1. The molecule has 1 aliphatic heterocycles. The summed E-state index contributed by atoms with van der Waals surface area (Å²) >= 11 is 1.16. The van der Waals surface area contributed by atoms with Crippen LogP contribution in [0.15, 0.2) is 43.9 Å². The minimum Gasteiger partial charge on any atom is -0.303 e. The molecule has 0 spiro atoms. The van der Waals surface area contributed by atoms with Crippen LogP contribution < -0.4 is 16.6 Å². The Morgan fingerprint density at radius 2 is 1.88 bits per heavy atom. The third kappa shape index (κ3) is 3.41. The number of hydrogen-bond acceptors (Lipinski definition) is 5. The van der Waals surface area contributed by atoms with Crippen molar-refractivity contribution in [3.8, 4) is 0 Å². The molecule has 1 N–H and O–H groups in total. The first-order valence-electron chi connectivity index (χ1n) is 7.90. The number of aryl methyl sites for hydroxylation is 3. The van der Waals surface area contributed by atoms with Gasteiger partial charge in [0.15, 0.2) is 5.17 Å². The number of rotatable bonds is 2. The Bertz CT molecular complexity index is 1090. The van der Waals surface area contributed by atoms with E-state index in [0.717, 1.165) is 33.1 Å². The van der Waals surface area contributed by atoms with Crippen molar-refractivity contribution in [1.82, 2.24) is 14.5 Å². The molecule has 7 nitrogen and oxygen atoms in total. The highest BCUT2D eigenvalue weighted by molar-refractivity contribution is 8.18. The highest BCUT2D eigenvalue weighted by Crippen LogP contribution is 2.28. The van der Waals surface area contributed by atoms with Gasteiger partial charge in [-0.15, -0.1) is 0 Å². The lowest BCUT2D eigenvalue weighted by Gasteiger charge is -2.03. The molecule has 1 amide bonds. The van der Waals surface area contributed by atoms with Crippen molar-refractivity contribution in [3.63, 3.8) is 0 Å². The number of benzene rings is 1. The van der Waals surface area contributed by atoms with Crippen molar-refractivity contribution in [2.24, 2.45) is 19.1 Å². The molecular formula is C18H18N4O3S. The standard InChI is InChI=1S/C18H18N4O3S/c1-10-5-6-13(11(2)7-10)19-17-20-15(23)14(26-17)8-12-9-21(3)18(25)22(4)16(12)24/h5-9H,1-4H3,(H,19,20,23)/b14-8-. The van der Waals surface area contributed by atoms with Gasteiger partial charge in [0.25, 0.3) is 11.5 Å². The minimum absolute atomic E-state index is 0.264. The molecule has 134 valence electrons. The number of carbonyl (C=O) groups excluding carboxylic acids is 1. The molecule has 0 unspecified atom stereocenters. The molecule has 1 aromatic carbocycles. The number of nitrogens with zero attached hydrogens (tertiary/aromatic N) is 3. The maximum atomic E-state index is 12.2. The third-order valence-electron chi connectivity index (χ3n) is 3.98. The zero-order valence-corrected chi connectivity index (χ0v) is 15.7. The molecule has 3 rings (SSSR count). The highest BCUT2D eigenvalue weighted by Gasteiger charge is 2.24. The Kier molecular flexibility index (Phi) is 4.69. The summed E-state index contributed by atoms with van der Waals surface area (Å²) in [4.78, 5) is 41.0. The van der Waals surface area contributed by atoms with E-state index in [4.69, 9.17) is 0 Å². The number of aromatic nitrogens is 2. The van der Waals surface area contributed by atoms with Crippen LogP contribution in [0.5, 0.6) is 0 Å². The largest absolute Gasteiger partial charge is 0.330 e. The number of thioether (sulfide) groups is 1. The minimum atomic E-state index is -0.450. The lowest BCUT2D eigenvalue weighted by Crippen LogP contribution is -2.37. The Labute approximate surface area is 154 Å². The van der Waals surface area contributed by atoms with E-state index >= 15 is 0 Å². The van der Waals surface area contributed by atoms with E-state index in [1.807, 2.05) is 32.0 Å². The third-order valence-corrected chi connectivity index (χ3v) is 4.89. The molecular weight excluding hydrogens is 352 g/mol. The molecule has 0 radical (unpaired) electrons. The van der Waals surface area contributed by atoms with Gasteiger partial charge in [-0.2, -0.15) is 0 Å². The van der Waals surface area contributed by atoms with E-state index in [9.17, 15) is 14.4 Å². The van der Waals surface area contributed by atoms with E-state index in [0.29, 0.717) is 10.1 Å². The second kappa shape index (κ2) is 6.80. The van der Waals surface area contributed by atoms with Gasteiger partial charge in [-0.05, 0) is 43.3 Å². The average Bonchev–Trinajstić information content (AvgIpc) is 2.92. The second-order valence-electron chi connectivity index (χ2n) is 6.11. The molecule has 0 aliphatic carbocycles. The fourth-order valence-electron chi connectivity index (χ4n) is 2.60. The van der Waals surface area contributed by atoms with Gasteiger partial charge in [-0.25, -0.2) is 9.79 Å². The van der Waals surface area contributed by atoms with Crippen molar-refractivity contribution in [1.29, 1.82) is 0 Å². The first-order valence-corrected chi connectivity index (χ1v) is 8.71. The van der Waals surface area contributed by atoms with Gasteiger partial charge in [-0.1, -0.05) is 17.7 Å². The zero-order valence-electron chi connectivity index (χ0n) is 14.9. The predicted molar refractivity (Wildman–Crippen MR) is 104 cm³/mol. The quantitative estimate of drug-likeness (QED) is 0.814. The van der Waals surface area contributed by atoms with Crippen LogP contribution in [0.25, 0.3) is 6.08 Å². The van der Waals surface area contributed by atoms with E-state index in [-0.39, 0.29) is 11.5 Å². The summed E-state index contributed by atoms with van der Waals surface area (Å²) in [6, 6.07) is 5.87. The summed E-state index contributed by atoms with van der Waals surface area (Å²) in [7, 11) is 2.96. The summed E-state index contributed by atoms with van der Waals surface area (Å²) in [6.07, 6.45) is 2.90. The van der Waals surface area contributed by atoms with Crippen LogP contribution in [0, 0.1) is 13.8 Å². The number of carbonyl (C=O) groups is 1. The Balaban J connectivity index is 1.96. The highest BCUT2D eigenvalue weighted by atomic mass is 32.2. The van der Waals surface area contributed by atoms with E-state index in [1.165, 1.54) is 23.9 Å². The molecule has 1 saturated heterocycles. The molecule has 1 aliphatic rings. The molecule has 0 atom stereocenters. The topological polar surface area (TPSA) is 85.5 Å². The fraction of sp³-hybridized carbons (Fsp3) is 0.222. The van der Waals surface area contributed by atoms with E-state index in [2.05, 4.69) is 10.3 Å². The van der Waals surface area contributed by atoms with Gasteiger partial charge < -0.3 is 9.88 Å². The molecule has 2 heterocycles. The van der Waals surface area contributed by atoms with Crippen LogP contribution in [0.2, 0.25) is 0 Å². The van der Waals surface area contributed by atoms with E-state index in [1.54, 1.807) is 7.05 Å². The number of nitrogens with one attached hydrogen (secondary N) is 1. The van der Waals surface area contributed by atoms with Crippen molar-refractivity contribution in [3.05, 3.63) is 66.8 Å². The van der Waals surface area contributed by atoms with Crippen LogP contribution >= 0.6 is 11.8 Å². The maximum absolute atomic E-state index is 12.2. The Morgan fingerprint density at radius 3 is 2.58 bits per heavy atom. The monoisotopic (exact) mass is 370 g/mol. The van der Waals surface area contributed by atoms with E-state index < -0.39 is 11.2 Å². The van der Waals surface area contributed by atoms with Crippen molar-refractivity contribution in [2.45, 2.75) is 13.8 Å². The normalized spacial score (nSPS) is 17.2. The molecule has 1 fully saturated rings. The molecule has 2 aromatic rings. The van der Waals surface area contributed by atoms with Gasteiger partial charge in [0, 0.05) is 20.3 Å². The van der Waals surface area contributed by atoms with Gasteiger partial charge in [0.1, 0.15) is 0 Å². The van der Waals surface area contributed by atoms with Crippen molar-refractivity contribution >= 4 is 34.6 Å².